The zero-order valence-corrected chi connectivity index (χ0v) is 12.6. The fourth-order valence-corrected chi connectivity index (χ4v) is 2.22. The van der Waals surface area contributed by atoms with E-state index in [1.807, 2.05) is 0 Å². The Kier molecular flexibility index (Phi) is 4.79. The van der Waals surface area contributed by atoms with E-state index >= 15 is 0 Å². The second-order valence-electron chi connectivity index (χ2n) is 4.65. The predicted molar refractivity (Wildman–Crippen MR) is 79.0 cm³/mol. The van der Waals surface area contributed by atoms with E-state index in [4.69, 9.17) is 16.3 Å². The van der Waals surface area contributed by atoms with Crippen molar-refractivity contribution < 1.29 is 22.8 Å². The van der Waals surface area contributed by atoms with E-state index in [-0.39, 0.29) is 28.6 Å². The van der Waals surface area contributed by atoms with Gasteiger partial charge >= 0.3 is 6.18 Å². The van der Waals surface area contributed by atoms with E-state index in [1.165, 1.54) is 24.3 Å². The zero-order valence-electron chi connectivity index (χ0n) is 11.9. The predicted octanol–water partition coefficient (Wildman–Crippen LogP) is 5.62. The number of halogens is 4. The highest BCUT2D eigenvalue weighted by Crippen LogP contribution is 2.39. The van der Waals surface area contributed by atoms with Crippen LogP contribution in [0.25, 0.3) is 0 Å². The Morgan fingerprint density at radius 1 is 1.22 bits per heavy atom. The molecular formula is C15H11ClF3NO3. The second kappa shape index (κ2) is 6.45. The molecule has 0 radical (unpaired) electrons. The molecule has 2 rings (SSSR count). The topological polar surface area (TPSA) is 52.4 Å². The number of ether oxygens (including phenoxy) is 1. The fourth-order valence-electron chi connectivity index (χ4n) is 1.94. The zero-order chi connectivity index (χ0) is 17.2. The highest BCUT2D eigenvalue weighted by Gasteiger charge is 2.32. The van der Waals surface area contributed by atoms with Gasteiger partial charge in [-0.05, 0) is 36.2 Å². The van der Waals surface area contributed by atoms with Gasteiger partial charge in [0.15, 0.2) is 0 Å². The average Bonchev–Trinajstić information content (AvgIpc) is 2.48. The minimum atomic E-state index is -4.50. The van der Waals surface area contributed by atoms with Gasteiger partial charge in [0.05, 0.1) is 15.5 Å². The van der Waals surface area contributed by atoms with E-state index in [1.54, 1.807) is 6.92 Å². The lowest BCUT2D eigenvalue weighted by Crippen LogP contribution is -2.06. The summed E-state index contributed by atoms with van der Waals surface area (Å²) < 4.78 is 43.9. The summed E-state index contributed by atoms with van der Waals surface area (Å²) in [7, 11) is 0. The van der Waals surface area contributed by atoms with E-state index in [0.29, 0.717) is 5.56 Å². The number of non-ortho nitro benzene ring substituents is 1. The smallest absolute Gasteiger partial charge is 0.416 e. The van der Waals surface area contributed by atoms with Crippen molar-refractivity contribution in [1.29, 1.82) is 0 Å². The summed E-state index contributed by atoms with van der Waals surface area (Å²) in [5.41, 5.74) is -0.676. The largest absolute Gasteiger partial charge is 0.456 e. The highest BCUT2D eigenvalue weighted by molar-refractivity contribution is 6.32. The molecule has 0 spiro atoms. The minimum absolute atomic E-state index is 0.107. The maximum absolute atomic E-state index is 12.8. The van der Waals surface area contributed by atoms with Crippen molar-refractivity contribution in [3.8, 4) is 11.5 Å². The highest BCUT2D eigenvalue weighted by atomic mass is 35.5. The molecule has 23 heavy (non-hydrogen) atoms. The normalized spacial score (nSPS) is 11.3. The average molecular weight is 346 g/mol. The monoisotopic (exact) mass is 345 g/mol. The first-order chi connectivity index (χ1) is 10.7. The lowest BCUT2D eigenvalue weighted by Gasteiger charge is -2.15. The van der Waals surface area contributed by atoms with Crippen LogP contribution >= 0.6 is 11.6 Å². The summed E-state index contributed by atoms with van der Waals surface area (Å²) in [6.07, 6.45) is -4.22. The molecule has 0 aromatic heterocycles. The van der Waals surface area contributed by atoms with Gasteiger partial charge < -0.3 is 4.74 Å². The third-order valence-corrected chi connectivity index (χ3v) is 3.38. The molecule has 0 aliphatic rings. The van der Waals surface area contributed by atoms with Crippen molar-refractivity contribution in [2.45, 2.75) is 19.5 Å². The quantitative estimate of drug-likeness (QED) is 0.533. The number of hydrogen-bond donors (Lipinski definition) is 0. The van der Waals surface area contributed by atoms with Crippen LogP contribution in [0.3, 0.4) is 0 Å². The number of benzene rings is 2. The molecule has 0 bridgehead atoms. The summed E-state index contributed by atoms with van der Waals surface area (Å²) >= 11 is 5.92. The molecule has 0 atom stereocenters. The van der Waals surface area contributed by atoms with Crippen LogP contribution in [0.5, 0.6) is 11.5 Å². The molecule has 0 N–H and O–H groups in total. The second-order valence-corrected chi connectivity index (χ2v) is 5.06. The van der Waals surface area contributed by atoms with Crippen LogP contribution in [0.4, 0.5) is 18.9 Å². The van der Waals surface area contributed by atoms with Crippen LogP contribution < -0.4 is 4.74 Å². The SMILES string of the molecule is CCc1cc(C(F)(F)F)cc(Cl)c1Oc1ccc([N+](=O)[O-])cc1. The van der Waals surface area contributed by atoms with Crippen molar-refractivity contribution >= 4 is 17.3 Å². The van der Waals surface area contributed by atoms with Gasteiger partial charge in [-0.25, -0.2) is 0 Å². The summed E-state index contributed by atoms with van der Waals surface area (Å²) in [6.45, 7) is 1.68. The van der Waals surface area contributed by atoms with Crippen LogP contribution in [0.15, 0.2) is 36.4 Å². The van der Waals surface area contributed by atoms with Crippen LogP contribution in [0.1, 0.15) is 18.1 Å². The van der Waals surface area contributed by atoms with Crippen LogP contribution in [-0.4, -0.2) is 4.92 Å². The Morgan fingerprint density at radius 3 is 2.30 bits per heavy atom. The standard InChI is InChI=1S/C15H11ClF3NO3/c1-2-9-7-10(15(17,18)19)8-13(16)14(9)23-12-5-3-11(4-6-12)20(21)22/h3-8H,2H2,1H3. The Balaban J connectivity index is 2.37. The van der Waals surface area contributed by atoms with E-state index in [0.717, 1.165) is 12.1 Å². The Morgan fingerprint density at radius 2 is 1.83 bits per heavy atom. The maximum Gasteiger partial charge on any atom is 0.416 e. The summed E-state index contributed by atoms with van der Waals surface area (Å²) in [4.78, 5) is 10.0. The van der Waals surface area contributed by atoms with Gasteiger partial charge in [0, 0.05) is 12.1 Å². The lowest BCUT2D eigenvalue weighted by atomic mass is 10.1. The van der Waals surface area contributed by atoms with Crippen molar-refractivity contribution in [2.75, 3.05) is 0 Å². The minimum Gasteiger partial charge on any atom is -0.456 e. The summed E-state index contributed by atoms with van der Waals surface area (Å²) in [5, 5.41) is 10.4. The molecule has 4 nitrogen and oxygen atoms in total. The molecule has 122 valence electrons. The number of nitro groups is 1. The molecule has 0 aliphatic heterocycles. The molecular weight excluding hydrogens is 335 g/mol. The summed E-state index contributed by atoms with van der Waals surface area (Å²) in [6, 6.07) is 6.95. The number of rotatable bonds is 4. The molecule has 0 aliphatic carbocycles. The third-order valence-electron chi connectivity index (χ3n) is 3.10. The fraction of sp³-hybridized carbons (Fsp3) is 0.200. The molecule has 0 saturated heterocycles. The number of nitro benzene ring substituents is 1. The Hall–Kier alpha value is -2.28. The molecule has 2 aromatic rings. The van der Waals surface area contributed by atoms with E-state index in [2.05, 4.69) is 0 Å². The van der Waals surface area contributed by atoms with Gasteiger partial charge in [-0.2, -0.15) is 13.2 Å². The number of aryl methyl sites for hydroxylation is 1. The Bertz CT molecular complexity index is 730. The van der Waals surface area contributed by atoms with Gasteiger partial charge in [0.2, 0.25) is 0 Å². The van der Waals surface area contributed by atoms with Gasteiger partial charge in [0.1, 0.15) is 11.5 Å². The van der Waals surface area contributed by atoms with Gasteiger partial charge in [-0.1, -0.05) is 18.5 Å². The first kappa shape index (κ1) is 17.1. The molecule has 0 unspecified atom stereocenters. The van der Waals surface area contributed by atoms with E-state index < -0.39 is 16.7 Å². The molecule has 0 amide bonds. The summed E-state index contributed by atoms with van der Waals surface area (Å²) in [5.74, 6) is 0.350. The number of hydrogen-bond acceptors (Lipinski definition) is 3. The van der Waals surface area contributed by atoms with Crippen LogP contribution in [0.2, 0.25) is 5.02 Å². The first-order valence-corrected chi connectivity index (χ1v) is 6.92. The molecule has 0 saturated carbocycles. The molecule has 2 aromatic carbocycles. The van der Waals surface area contributed by atoms with Gasteiger partial charge in [-0.15, -0.1) is 0 Å². The van der Waals surface area contributed by atoms with Crippen LogP contribution in [0, 0.1) is 10.1 Å². The molecule has 0 fully saturated rings. The Labute approximate surface area is 134 Å². The molecule has 0 heterocycles. The lowest BCUT2D eigenvalue weighted by molar-refractivity contribution is -0.384. The van der Waals surface area contributed by atoms with Crippen molar-refractivity contribution in [1.82, 2.24) is 0 Å². The van der Waals surface area contributed by atoms with Gasteiger partial charge in [0.25, 0.3) is 5.69 Å². The van der Waals surface area contributed by atoms with Crippen molar-refractivity contribution in [2.24, 2.45) is 0 Å². The van der Waals surface area contributed by atoms with Crippen molar-refractivity contribution in [3.05, 3.63) is 62.7 Å². The molecule has 8 heteroatoms. The number of alkyl halides is 3. The maximum atomic E-state index is 12.8. The number of nitrogens with zero attached hydrogens (tertiary/aromatic N) is 1. The third kappa shape index (κ3) is 3.92. The van der Waals surface area contributed by atoms with E-state index in [9.17, 15) is 23.3 Å². The first-order valence-electron chi connectivity index (χ1n) is 6.54. The van der Waals surface area contributed by atoms with Crippen molar-refractivity contribution in [3.63, 3.8) is 0 Å². The van der Waals surface area contributed by atoms with Crippen LogP contribution in [-0.2, 0) is 12.6 Å². The van der Waals surface area contributed by atoms with Gasteiger partial charge in [-0.3, -0.25) is 10.1 Å².